The second-order valence-corrected chi connectivity index (χ2v) is 8.24. The third-order valence-electron chi connectivity index (χ3n) is 5.97. The molecule has 0 spiro atoms. The maximum Gasteiger partial charge on any atom is 0.225 e. The van der Waals surface area contributed by atoms with Crippen molar-refractivity contribution >= 4 is 16.8 Å². The summed E-state index contributed by atoms with van der Waals surface area (Å²) in [6.07, 6.45) is 8.34. The van der Waals surface area contributed by atoms with Crippen LogP contribution in [0.15, 0.2) is 24.5 Å². The van der Waals surface area contributed by atoms with Crippen molar-refractivity contribution in [3.05, 3.63) is 30.2 Å². The summed E-state index contributed by atoms with van der Waals surface area (Å²) in [5, 5.41) is 11.0. The summed E-state index contributed by atoms with van der Waals surface area (Å²) in [5.41, 5.74) is 1.75. The Hall–Kier alpha value is -1.88. The van der Waals surface area contributed by atoms with Gasteiger partial charge in [-0.05, 0) is 57.1 Å². The number of piperidine rings is 1. The molecule has 3 heterocycles. The van der Waals surface area contributed by atoms with Crippen LogP contribution in [0.3, 0.4) is 0 Å². The maximum atomic E-state index is 12.5. The molecule has 1 N–H and O–H groups in total. The van der Waals surface area contributed by atoms with Crippen LogP contribution in [0, 0.1) is 11.8 Å². The number of hydrogen-bond acceptors (Lipinski definition) is 3. The topological polar surface area (TPSA) is 58.4 Å². The molecule has 2 fully saturated rings. The number of aromatic nitrogens is 2. The Morgan fingerprint density at radius 1 is 1.36 bits per heavy atom. The molecule has 0 atom stereocenters. The van der Waals surface area contributed by atoms with Gasteiger partial charge >= 0.3 is 0 Å². The molecular weight excluding hydrogens is 314 g/mol. The third-order valence-corrected chi connectivity index (χ3v) is 5.97. The van der Waals surface area contributed by atoms with Crippen LogP contribution in [0.25, 0.3) is 10.9 Å². The maximum absolute atomic E-state index is 12.5. The van der Waals surface area contributed by atoms with Gasteiger partial charge in [0.15, 0.2) is 0 Å². The predicted octanol–water partition coefficient (Wildman–Crippen LogP) is 2.52. The minimum atomic E-state index is -0.625. The number of hydrogen-bond donors (Lipinski definition) is 1. The first-order valence-electron chi connectivity index (χ1n) is 9.32. The molecule has 1 amide bonds. The first-order chi connectivity index (χ1) is 11.9. The molecule has 1 saturated heterocycles. The van der Waals surface area contributed by atoms with Crippen LogP contribution in [-0.4, -0.2) is 44.2 Å². The number of carbonyl (C=O) groups excluding carboxylic acids is 1. The summed E-state index contributed by atoms with van der Waals surface area (Å²) in [4.78, 5) is 19.1. The van der Waals surface area contributed by atoms with Crippen LogP contribution in [0.1, 0.15) is 38.3 Å². The number of fused-ring (bicyclic) bond motifs is 1. The van der Waals surface area contributed by atoms with E-state index in [2.05, 4.69) is 34.9 Å². The highest BCUT2D eigenvalue weighted by molar-refractivity contribution is 5.80. The fraction of sp³-hybridized carbons (Fsp3) is 0.600. The number of aliphatic hydroxyl groups is 1. The van der Waals surface area contributed by atoms with Gasteiger partial charge in [0.25, 0.3) is 0 Å². The van der Waals surface area contributed by atoms with E-state index >= 15 is 0 Å². The Morgan fingerprint density at radius 2 is 2.08 bits per heavy atom. The second kappa shape index (κ2) is 6.13. The molecule has 0 aromatic carbocycles. The van der Waals surface area contributed by atoms with Crippen molar-refractivity contribution in [2.45, 2.75) is 44.6 Å². The van der Waals surface area contributed by atoms with Crippen LogP contribution in [0.4, 0.5) is 0 Å². The van der Waals surface area contributed by atoms with Crippen molar-refractivity contribution in [1.82, 2.24) is 14.5 Å². The van der Waals surface area contributed by atoms with Crippen molar-refractivity contribution in [2.24, 2.45) is 18.9 Å². The first kappa shape index (κ1) is 16.6. The molecule has 25 heavy (non-hydrogen) atoms. The lowest BCUT2D eigenvalue weighted by molar-refractivity contribution is -0.151. The molecule has 4 rings (SSSR count). The standard InChI is InChI=1S/C20H27N3O2/c1-20(25)11-16(12-20)19(24)23-7-3-14(4-8-23)9-17-10-18-15(13-21-17)5-6-22(18)2/h5-6,10,13-14,16,25H,3-4,7-9,11-12H2,1-2H3/t16-,20+. The highest BCUT2D eigenvalue weighted by atomic mass is 16.3. The van der Waals surface area contributed by atoms with Crippen LogP contribution in [0.2, 0.25) is 0 Å². The SMILES string of the molecule is Cn1ccc2cnc(CC3CCN(C(=O)[C@H]4C[C@@](C)(O)C4)CC3)cc21. The smallest absolute Gasteiger partial charge is 0.225 e. The summed E-state index contributed by atoms with van der Waals surface area (Å²) in [6.45, 7) is 3.50. The second-order valence-electron chi connectivity index (χ2n) is 8.24. The van der Waals surface area contributed by atoms with Crippen LogP contribution < -0.4 is 0 Å². The molecular formula is C20H27N3O2. The number of amides is 1. The Kier molecular flexibility index (Phi) is 4.07. The van der Waals surface area contributed by atoms with E-state index < -0.39 is 5.60 Å². The van der Waals surface area contributed by atoms with Gasteiger partial charge in [-0.25, -0.2) is 0 Å². The largest absolute Gasteiger partial charge is 0.390 e. The van der Waals surface area contributed by atoms with E-state index in [0.29, 0.717) is 18.8 Å². The normalized spacial score (nSPS) is 27.5. The molecule has 2 aliphatic rings. The molecule has 5 heteroatoms. The molecule has 0 bridgehead atoms. The predicted molar refractivity (Wildman–Crippen MR) is 97.1 cm³/mol. The zero-order valence-electron chi connectivity index (χ0n) is 15.1. The Bertz CT molecular complexity index is 779. The van der Waals surface area contributed by atoms with E-state index in [9.17, 15) is 9.90 Å². The van der Waals surface area contributed by atoms with E-state index in [4.69, 9.17) is 0 Å². The summed E-state index contributed by atoms with van der Waals surface area (Å²) < 4.78 is 2.13. The van der Waals surface area contributed by atoms with Gasteiger partial charge < -0.3 is 14.6 Å². The highest BCUT2D eigenvalue weighted by Gasteiger charge is 2.44. The molecule has 1 aliphatic carbocycles. The Morgan fingerprint density at radius 3 is 2.76 bits per heavy atom. The Balaban J connectivity index is 1.32. The zero-order chi connectivity index (χ0) is 17.6. The number of nitrogens with zero attached hydrogens (tertiary/aromatic N) is 3. The summed E-state index contributed by atoms with van der Waals surface area (Å²) >= 11 is 0. The summed E-state index contributed by atoms with van der Waals surface area (Å²) in [7, 11) is 2.06. The minimum absolute atomic E-state index is 0.0352. The summed E-state index contributed by atoms with van der Waals surface area (Å²) in [6, 6.07) is 4.29. The fourth-order valence-electron chi connectivity index (χ4n) is 4.40. The van der Waals surface area contributed by atoms with Crippen molar-refractivity contribution < 1.29 is 9.90 Å². The van der Waals surface area contributed by atoms with E-state index in [1.54, 1.807) is 0 Å². The fourth-order valence-corrected chi connectivity index (χ4v) is 4.40. The molecule has 1 aliphatic heterocycles. The van der Waals surface area contributed by atoms with E-state index in [0.717, 1.165) is 38.0 Å². The molecule has 0 unspecified atom stereocenters. The molecule has 1 saturated carbocycles. The quantitative estimate of drug-likeness (QED) is 0.933. The average Bonchev–Trinajstić information content (AvgIpc) is 2.93. The van der Waals surface area contributed by atoms with Gasteiger partial charge in [0, 0.05) is 49.5 Å². The van der Waals surface area contributed by atoms with Crippen LogP contribution in [0.5, 0.6) is 0 Å². The number of aryl methyl sites for hydroxylation is 1. The molecule has 0 radical (unpaired) electrons. The zero-order valence-corrected chi connectivity index (χ0v) is 15.1. The number of carbonyl (C=O) groups is 1. The first-order valence-corrected chi connectivity index (χ1v) is 9.32. The van der Waals surface area contributed by atoms with E-state index in [-0.39, 0.29) is 11.8 Å². The van der Waals surface area contributed by atoms with Gasteiger partial charge in [0.05, 0.1) is 11.1 Å². The molecule has 134 valence electrons. The van der Waals surface area contributed by atoms with Crippen LogP contribution >= 0.6 is 0 Å². The van der Waals surface area contributed by atoms with Crippen LogP contribution in [-0.2, 0) is 18.3 Å². The van der Waals surface area contributed by atoms with Gasteiger partial charge in [-0.2, -0.15) is 0 Å². The van der Waals surface area contributed by atoms with Gasteiger partial charge in [0.1, 0.15) is 0 Å². The van der Waals surface area contributed by atoms with Gasteiger partial charge in [-0.1, -0.05) is 0 Å². The lowest BCUT2D eigenvalue weighted by Gasteiger charge is -2.43. The van der Waals surface area contributed by atoms with Gasteiger partial charge in [-0.3, -0.25) is 9.78 Å². The number of rotatable bonds is 3. The average molecular weight is 341 g/mol. The van der Waals surface area contributed by atoms with Gasteiger partial charge in [0.2, 0.25) is 5.91 Å². The van der Waals surface area contributed by atoms with Crippen molar-refractivity contribution in [2.75, 3.05) is 13.1 Å². The summed E-state index contributed by atoms with van der Waals surface area (Å²) in [5.74, 6) is 0.875. The highest BCUT2D eigenvalue weighted by Crippen LogP contribution is 2.39. The number of pyridine rings is 1. The lowest BCUT2D eigenvalue weighted by atomic mass is 9.71. The van der Waals surface area contributed by atoms with Crippen molar-refractivity contribution in [1.29, 1.82) is 0 Å². The Labute approximate surface area is 148 Å². The minimum Gasteiger partial charge on any atom is -0.390 e. The van der Waals surface area contributed by atoms with Crippen molar-refractivity contribution in [3.8, 4) is 0 Å². The van der Waals surface area contributed by atoms with Gasteiger partial charge in [-0.15, -0.1) is 0 Å². The van der Waals surface area contributed by atoms with E-state index in [1.807, 2.05) is 18.0 Å². The number of likely N-dealkylation sites (tertiary alicyclic amines) is 1. The van der Waals surface area contributed by atoms with Crippen molar-refractivity contribution in [3.63, 3.8) is 0 Å². The third kappa shape index (κ3) is 3.30. The molecule has 2 aromatic rings. The monoisotopic (exact) mass is 341 g/mol. The van der Waals surface area contributed by atoms with E-state index in [1.165, 1.54) is 10.9 Å². The molecule has 5 nitrogen and oxygen atoms in total. The lowest BCUT2D eigenvalue weighted by Crippen LogP contribution is -2.51. The molecule has 2 aromatic heterocycles.